The highest BCUT2D eigenvalue weighted by Crippen LogP contribution is 2.38. The van der Waals surface area contributed by atoms with Crippen LogP contribution in [0.15, 0.2) is 16.9 Å². The smallest absolute Gasteiger partial charge is 0.189 e. The Morgan fingerprint density at radius 1 is 1.21 bits per heavy atom. The van der Waals surface area contributed by atoms with E-state index in [0.717, 1.165) is 0 Å². The Labute approximate surface area is 76.5 Å². The second kappa shape index (κ2) is 3.21. The SMILES string of the molecule is CCC1=CC(C(F)(F)C(F)(F)F)=N[N]1. The molecule has 0 N–H and O–H groups in total. The zero-order valence-electron chi connectivity index (χ0n) is 7.07. The van der Waals surface area contributed by atoms with Crippen LogP contribution in [0.1, 0.15) is 13.3 Å². The van der Waals surface area contributed by atoms with Crippen molar-refractivity contribution < 1.29 is 22.0 Å². The maximum absolute atomic E-state index is 12.6. The Kier molecular flexibility index (Phi) is 2.51. The van der Waals surface area contributed by atoms with Crippen LogP contribution in [0.3, 0.4) is 0 Å². The number of allylic oxidation sites excluding steroid dienone is 2. The van der Waals surface area contributed by atoms with E-state index in [-0.39, 0.29) is 12.1 Å². The zero-order valence-corrected chi connectivity index (χ0v) is 7.07. The third-order valence-corrected chi connectivity index (χ3v) is 1.63. The molecule has 7 heteroatoms. The summed E-state index contributed by atoms with van der Waals surface area (Å²) in [5.74, 6) is -4.92. The van der Waals surface area contributed by atoms with E-state index in [0.29, 0.717) is 6.08 Å². The fraction of sp³-hybridized carbons (Fsp3) is 0.571. The molecule has 0 atom stereocenters. The van der Waals surface area contributed by atoms with E-state index in [4.69, 9.17) is 0 Å². The van der Waals surface area contributed by atoms with E-state index in [2.05, 4.69) is 10.5 Å². The van der Waals surface area contributed by atoms with Crippen LogP contribution in [0.4, 0.5) is 22.0 Å². The van der Waals surface area contributed by atoms with Crippen LogP contribution >= 0.6 is 0 Å². The van der Waals surface area contributed by atoms with Crippen LogP contribution < -0.4 is 5.43 Å². The van der Waals surface area contributed by atoms with E-state index >= 15 is 0 Å². The average Bonchev–Trinajstić information content (AvgIpc) is 2.49. The lowest BCUT2D eigenvalue weighted by molar-refractivity contribution is -0.248. The molecule has 0 aliphatic carbocycles. The first-order chi connectivity index (χ1) is 6.29. The minimum Gasteiger partial charge on any atom is -0.189 e. The number of hydrogen-bond acceptors (Lipinski definition) is 1. The molecular weight excluding hydrogens is 207 g/mol. The molecule has 1 aliphatic rings. The number of hydrogen-bond donors (Lipinski definition) is 0. The molecule has 0 aromatic rings. The van der Waals surface area contributed by atoms with Crippen LogP contribution in [0, 0.1) is 0 Å². The quantitative estimate of drug-likeness (QED) is 0.630. The minimum absolute atomic E-state index is 0.115. The van der Waals surface area contributed by atoms with Gasteiger partial charge in [0.05, 0.1) is 5.70 Å². The second-order valence-electron chi connectivity index (χ2n) is 2.65. The van der Waals surface area contributed by atoms with Crippen LogP contribution in [-0.2, 0) is 0 Å². The summed E-state index contributed by atoms with van der Waals surface area (Å²) in [6, 6.07) is 0. The van der Waals surface area contributed by atoms with Gasteiger partial charge in [-0.2, -0.15) is 27.4 Å². The van der Waals surface area contributed by atoms with E-state index < -0.39 is 17.8 Å². The highest BCUT2D eigenvalue weighted by atomic mass is 19.4. The lowest BCUT2D eigenvalue weighted by atomic mass is 10.1. The number of alkyl halides is 5. The van der Waals surface area contributed by atoms with Crippen LogP contribution in [0.25, 0.3) is 0 Å². The van der Waals surface area contributed by atoms with Gasteiger partial charge in [0.25, 0.3) is 0 Å². The highest BCUT2D eigenvalue weighted by molar-refractivity contribution is 6.02. The Morgan fingerprint density at radius 3 is 2.14 bits per heavy atom. The molecule has 1 radical (unpaired) electrons. The van der Waals surface area contributed by atoms with Gasteiger partial charge in [0.15, 0.2) is 0 Å². The van der Waals surface area contributed by atoms with Gasteiger partial charge >= 0.3 is 12.1 Å². The lowest BCUT2D eigenvalue weighted by Gasteiger charge is -2.17. The summed E-state index contributed by atoms with van der Waals surface area (Å²) >= 11 is 0. The Bertz CT molecular complexity index is 289. The molecule has 0 saturated carbocycles. The summed E-state index contributed by atoms with van der Waals surface area (Å²) in [7, 11) is 0. The molecule has 14 heavy (non-hydrogen) atoms. The monoisotopic (exact) mass is 213 g/mol. The van der Waals surface area contributed by atoms with Gasteiger partial charge in [-0.3, -0.25) is 0 Å². The molecule has 0 spiro atoms. The molecule has 0 saturated heterocycles. The third-order valence-electron chi connectivity index (χ3n) is 1.63. The van der Waals surface area contributed by atoms with Crippen molar-refractivity contribution in [3.05, 3.63) is 11.8 Å². The van der Waals surface area contributed by atoms with E-state index in [1.807, 2.05) is 0 Å². The summed E-state index contributed by atoms with van der Waals surface area (Å²) in [4.78, 5) is 0. The largest absolute Gasteiger partial charge is 0.459 e. The Balaban J connectivity index is 2.91. The summed E-state index contributed by atoms with van der Waals surface area (Å²) in [5.41, 5.74) is 1.95. The molecule has 1 rings (SSSR count). The highest BCUT2D eigenvalue weighted by Gasteiger charge is 2.61. The summed E-state index contributed by atoms with van der Waals surface area (Å²) in [6.07, 6.45) is -4.70. The van der Waals surface area contributed by atoms with E-state index in [1.54, 1.807) is 6.92 Å². The fourth-order valence-corrected chi connectivity index (χ4v) is 0.805. The topological polar surface area (TPSA) is 26.5 Å². The van der Waals surface area contributed by atoms with Gasteiger partial charge in [0.2, 0.25) is 0 Å². The number of rotatable bonds is 2. The Morgan fingerprint density at radius 2 is 1.79 bits per heavy atom. The third kappa shape index (κ3) is 1.71. The summed E-state index contributed by atoms with van der Waals surface area (Å²) in [6.45, 7) is 1.58. The van der Waals surface area contributed by atoms with Gasteiger partial charge < -0.3 is 0 Å². The van der Waals surface area contributed by atoms with Gasteiger partial charge in [-0.1, -0.05) is 6.92 Å². The maximum Gasteiger partial charge on any atom is 0.459 e. The van der Waals surface area contributed by atoms with Crippen LogP contribution in [0.2, 0.25) is 0 Å². The molecular formula is C7H6F5N2. The van der Waals surface area contributed by atoms with Gasteiger partial charge in [0.1, 0.15) is 5.71 Å². The van der Waals surface area contributed by atoms with Gasteiger partial charge in [-0.15, -0.1) is 5.10 Å². The van der Waals surface area contributed by atoms with Crippen molar-refractivity contribution in [3.8, 4) is 0 Å². The van der Waals surface area contributed by atoms with Crippen molar-refractivity contribution in [2.75, 3.05) is 0 Å². The summed E-state index contributed by atoms with van der Waals surface area (Å²) in [5, 5.41) is 2.81. The number of halogens is 5. The van der Waals surface area contributed by atoms with Crippen molar-refractivity contribution >= 4 is 5.71 Å². The lowest BCUT2D eigenvalue weighted by Crippen LogP contribution is -2.42. The normalized spacial score (nSPS) is 17.6. The van der Waals surface area contributed by atoms with Crippen molar-refractivity contribution in [1.82, 2.24) is 5.43 Å². The summed E-state index contributed by atoms with van der Waals surface area (Å²) < 4.78 is 60.6. The van der Waals surface area contributed by atoms with Crippen molar-refractivity contribution in [2.24, 2.45) is 5.10 Å². The molecule has 0 aromatic carbocycles. The van der Waals surface area contributed by atoms with Crippen molar-refractivity contribution in [1.29, 1.82) is 0 Å². The molecule has 0 bridgehead atoms. The molecule has 1 aliphatic heterocycles. The van der Waals surface area contributed by atoms with Crippen LogP contribution in [-0.4, -0.2) is 17.8 Å². The maximum atomic E-state index is 12.6. The predicted octanol–water partition coefficient (Wildman–Crippen LogP) is 2.45. The van der Waals surface area contributed by atoms with Gasteiger partial charge in [0, 0.05) is 0 Å². The fourth-order valence-electron chi connectivity index (χ4n) is 0.805. The standard InChI is InChI=1S/C7H6F5N2/c1-2-4-3-5(14-13-4)6(8,9)7(10,11)12/h3H,2H2,1H3. The molecule has 0 amide bonds. The van der Waals surface area contributed by atoms with Crippen molar-refractivity contribution in [2.45, 2.75) is 25.4 Å². The van der Waals surface area contributed by atoms with E-state index in [9.17, 15) is 22.0 Å². The molecule has 79 valence electrons. The van der Waals surface area contributed by atoms with Gasteiger partial charge in [-0.05, 0) is 12.5 Å². The molecule has 0 unspecified atom stereocenters. The first-order valence-corrected chi connectivity index (χ1v) is 3.73. The first-order valence-electron chi connectivity index (χ1n) is 3.73. The molecule has 1 heterocycles. The second-order valence-corrected chi connectivity index (χ2v) is 2.65. The molecule has 0 fully saturated rings. The Hall–Kier alpha value is -1.14. The first kappa shape index (κ1) is 10.9. The predicted molar refractivity (Wildman–Crippen MR) is 38.9 cm³/mol. The molecule has 0 aromatic heterocycles. The zero-order chi connectivity index (χ0) is 11.0. The van der Waals surface area contributed by atoms with Crippen LogP contribution in [0.5, 0.6) is 0 Å². The number of nitrogens with zero attached hydrogens (tertiary/aromatic N) is 2. The average molecular weight is 213 g/mol. The van der Waals surface area contributed by atoms with Crippen molar-refractivity contribution in [3.63, 3.8) is 0 Å². The minimum atomic E-state index is -5.62. The van der Waals surface area contributed by atoms with Gasteiger partial charge in [-0.25, -0.2) is 0 Å². The van der Waals surface area contributed by atoms with E-state index in [1.165, 1.54) is 0 Å². The molecule has 2 nitrogen and oxygen atoms in total.